The fourth-order valence-corrected chi connectivity index (χ4v) is 0.171. The van der Waals surface area contributed by atoms with Gasteiger partial charge in [0.15, 0.2) is 0 Å². The normalized spacial score (nSPS) is 7.50. The third kappa shape index (κ3) is 2.03. The Morgan fingerprint density at radius 1 is 1.88 bits per heavy atom. The molecule has 0 aromatic carbocycles. The van der Waals surface area contributed by atoms with Gasteiger partial charge in [-0.25, -0.2) is 9.90 Å². The van der Waals surface area contributed by atoms with E-state index in [1.165, 1.54) is 7.05 Å². The van der Waals surface area contributed by atoms with Gasteiger partial charge < -0.3 is 0 Å². The summed E-state index contributed by atoms with van der Waals surface area (Å²) in [5.41, 5.74) is 0. The van der Waals surface area contributed by atoms with E-state index >= 15 is 0 Å². The Morgan fingerprint density at radius 2 is 2.38 bits per heavy atom. The van der Waals surface area contributed by atoms with Crippen LogP contribution in [-0.2, 0) is 5.11 Å². The average Bonchev–Trinajstić information content (AvgIpc) is 1.67. The van der Waals surface area contributed by atoms with Crippen LogP contribution in [0.2, 0.25) is 0 Å². The van der Waals surface area contributed by atoms with E-state index in [1.54, 1.807) is 6.07 Å². The maximum absolute atomic E-state index is 9.75. The highest BCUT2D eigenvalue weighted by Crippen LogP contribution is 1.79. The van der Waals surface area contributed by atoms with E-state index in [0.29, 0.717) is 0 Å². The summed E-state index contributed by atoms with van der Waals surface area (Å²) in [4.78, 5) is 10.5. The van der Waals surface area contributed by atoms with Gasteiger partial charge in [0.25, 0.3) is 0 Å². The van der Waals surface area contributed by atoms with Crippen molar-refractivity contribution in [3.63, 3.8) is 0 Å². The van der Waals surface area contributed by atoms with E-state index in [2.05, 4.69) is 0 Å². The molecule has 0 bridgehead atoms. The zero-order valence-electron chi connectivity index (χ0n) is 4.42. The molecule has 0 aliphatic carbocycles. The molecule has 4 nitrogen and oxygen atoms in total. The van der Waals surface area contributed by atoms with Gasteiger partial charge in [-0.2, -0.15) is 5.26 Å². The number of rotatable bonds is 1. The van der Waals surface area contributed by atoms with Gasteiger partial charge in [0.1, 0.15) is 6.54 Å². The first-order valence-electron chi connectivity index (χ1n) is 1.97. The summed E-state index contributed by atoms with van der Waals surface area (Å²) in [7, 11) is 1.28. The zero-order valence-corrected chi connectivity index (χ0v) is 4.42. The second-order valence-corrected chi connectivity index (χ2v) is 1.28. The van der Waals surface area contributed by atoms with E-state index in [1.807, 2.05) is 0 Å². The third-order valence-corrected chi connectivity index (χ3v) is 0.620. The molecule has 0 aromatic rings. The molecule has 0 rings (SSSR count). The SMILES string of the molecule is CN(CC#N)C([O])=O. The lowest BCUT2D eigenvalue weighted by atomic mass is 10.6. The second kappa shape index (κ2) is 2.86. The first-order valence-corrected chi connectivity index (χ1v) is 1.97. The lowest BCUT2D eigenvalue weighted by Crippen LogP contribution is -2.23. The monoisotopic (exact) mass is 113 g/mol. The lowest BCUT2D eigenvalue weighted by Gasteiger charge is -2.02. The molecule has 0 saturated carbocycles. The van der Waals surface area contributed by atoms with Crippen LogP contribution in [0.4, 0.5) is 4.79 Å². The summed E-state index contributed by atoms with van der Waals surface area (Å²) in [6.07, 6.45) is -1.33. The third-order valence-electron chi connectivity index (χ3n) is 0.620. The van der Waals surface area contributed by atoms with Crippen molar-refractivity contribution in [1.29, 1.82) is 5.26 Å². The first-order chi connectivity index (χ1) is 3.68. The van der Waals surface area contributed by atoms with Gasteiger partial charge in [0.05, 0.1) is 6.07 Å². The van der Waals surface area contributed by atoms with Crippen molar-refractivity contribution in [2.75, 3.05) is 13.6 Å². The molecular formula is C4H5N2O2. The minimum absolute atomic E-state index is 0.137. The molecule has 0 unspecified atom stereocenters. The second-order valence-electron chi connectivity index (χ2n) is 1.28. The van der Waals surface area contributed by atoms with Gasteiger partial charge in [-0.05, 0) is 0 Å². The molecule has 0 saturated heterocycles. The fourth-order valence-electron chi connectivity index (χ4n) is 0.171. The van der Waals surface area contributed by atoms with E-state index in [9.17, 15) is 9.90 Å². The Labute approximate surface area is 46.9 Å². The molecule has 1 amide bonds. The van der Waals surface area contributed by atoms with Crippen LogP contribution in [0.15, 0.2) is 0 Å². The van der Waals surface area contributed by atoms with Crippen LogP contribution in [0.25, 0.3) is 0 Å². The van der Waals surface area contributed by atoms with Gasteiger partial charge in [-0.1, -0.05) is 0 Å². The summed E-state index contributed by atoms with van der Waals surface area (Å²) in [5, 5.41) is 17.7. The predicted molar refractivity (Wildman–Crippen MR) is 24.3 cm³/mol. The molecule has 0 aliphatic rings. The molecule has 0 spiro atoms. The number of carbonyl (C=O) groups excluding carboxylic acids is 1. The molecule has 4 heteroatoms. The minimum Gasteiger partial charge on any atom is -0.295 e. The fraction of sp³-hybridized carbons (Fsp3) is 0.500. The highest BCUT2D eigenvalue weighted by Gasteiger charge is 2.03. The van der Waals surface area contributed by atoms with Crippen LogP contribution in [0.3, 0.4) is 0 Å². The van der Waals surface area contributed by atoms with Crippen molar-refractivity contribution >= 4 is 6.09 Å². The Bertz CT molecular complexity index is 126. The number of amides is 1. The summed E-state index contributed by atoms with van der Waals surface area (Å²) in [5.74, 6) is 0. The van der Waals surface area contributed by atoms with Crippen LogP contribution in [0, 0.1) is 11.3 Å². The van der Waals surface area contributed by atoms with Crippen LogP contribution in [-0.4, -0.2) is 24.6 Å². The van der Waals surface area contributed by atoms with E-state index in [4.69, 9.17) is 5.26 Å². The van der Waals surface area contributed by atoms with Gasteiger partial charge in [0.2, 0.25) is 0 Å². The first kappa shape index (κ1) is 6.76. The van der Waals surface area contributed by atoms with Crippen molar-refractivity contribution in [2.24, 2.45) is 0 Å². The molecule has 1 radical (unpaired) electrons. The smallest absolute Gasteiger partial charge is 0.295 e. The highest BCUT2D eigenvalue weighted by molar-refractivity contribution is 5.64. The van der Waals surface area contributed by atoms with Crippen molar-refractivity contribution in [1.82, 2.24) is 4.90 Å². The molecule has 0 aliphatic heterocycles. The summed E-state index contributed by atoms with van der Waals surface area (Å²) >= 11 is 0. The van der Waals surface area contributed by atoms with E-state index < -0.39 is 6.09 Å². The Morgan fingerprint density at radius 3 is 2.50 bits per heavy atom. The van der Waals surface area contributed by atoms with Crippen LogP contribution in [0.1, 0.15) is 0 Å². The summed E-state index contributed by atoms with van der Waals surface area (Å²) < 4.78 is 0. The molecule has 0 fully saturated rings. The maximum Gasteiger partial charge on any atom is 0.453 e. The Kier molecular flexibility index (Phi) is 2.41. The van der Waals surface area contributed by atoms with Crippen LogP contribution in [0.5, 0.6) is 0 Å². The zero-order chi connectivity index (χ0) is 6.57. The van der Waals surface area contributed by atoms with Gasteiger partial charge >= 0.3 is 6.09 Å². The number of nitrogens with zero attached hydrogens (tertiary/aromatic N) is 2. The van der Waals surface area contributed by atoms with Crippen molar-refractivity contribution in [2.45, 2.75) is 0 Å². The standard InChI is InChI=1S/C4H5N2O2/c1-6(3-2-5)4(7)8/h3H2,1H3. The largest absolute Gasteiger partial charge is 0.453 e. The number of carbonyl (C=O) groups is 1. The number of hydrogen-bond acceptors (Lipinski definition) is 2. The summed E-state index contributed by atoms with van der Waals surface area (Å²) in [6.45, 7) is -0.137. The summed E-state index contributed by atoms with van der Waals surface area (Å²) in [6, 6.07) is 1.65. The van der Waals surface area contributed by atoms with E-state index in [-0.39, 0.29) is 6.54 Å². The maximum atomic E-state index is 9.75. The number of hydrogen-bond donors (Lipinski definition) is 0. The molecule has 0 heterocycles. The Hall–Kier alpha value is -1.24. The Balaban J connectivity index is 3.52. The molecule has 0 N–H and O–H groups in total. The lowest BCUT2D eigenvalue weighted by molar-refractivity contribution is 0.134. The number of nitriles is 1. The van der Waals surface area contributed by atoms with Crippen molar-refractivity contribution in [3.8, 4) is 6.07 Å². The highest BCUT2D eigenvalue weighted by atomic mass is 16.4. The van der Waals surface area contributed by atoms with Crippen LogP contribution < -0.4 is 0 Å². The van der Waals surface area contributed by atoms with Crippen molar-refractivity contribution in [3.05, 3.63) is 0 Å². The van der Waals surface area contributed by atoms with Crippen LogP contribution >= 0.6 is 0 Å². The van der Waals surface area contributed by atoms with Crippen molar-refractivity contribution < 1.29 is 9.90 Å². The molecule has 8 heavy (non-hydrogen) atoms. The quantitative estimate of drug-likeness (QED) is 0.449. The molecule has 0 atom stereocenters. The predicted octanol–water partition coefficient (Wildman–Crippen LogP) is -0.00772. The topological polar surface area (TPSA) is 64.0 Å². The molecular weight excluding hydrogens is 108 g/mol. The average molecular weight is 113 g/mol. The van der Waals surface area contributed by atoms with Gasteiger partial charge in [0, 0.05) is 7.05 Å². The van der Waals surface area contributed by atoms with Gasteiger partial charge in [-0.3, -0.25) is 4.90 Å². The van der Waals surface area contributed by atoms with Gasteiger partial charge in [-0.15, -0.1) is 0 Å². The van der Waals surface area contributed by atoms with E-state index in [0.717, 1.165) is 4.90 Å². The molecule has 0 aromatic heterocycles. The molecule has 43 valence electrons. The minimum atomic E-state index is -1.33.